The fourth-order valence-electron chi connectivity index (χ4n) is 5.32. The summed E-state index contributed by atoms with van der Waals surface area (Å²) in [5.74, 6) is -1.40. The lowest BCUT2D eigenvalue weighted by atomic mass is 10.1. The van der Waals surface area contributed by atoms with Crippen molar-refractivity contribution in [2.24, 2.45) is 0 Å². The van der Waals surface area contributed by atoms with Gasteiger partial charge in [-0.05, 0) is 111 Å². The Balaban J connectivity index is 0.000000943. The molecule has 0 saturated carbocycles. The van der Waals surface area contributed by atoms with Crippen molar-refractivity contribution in [1.29, 1.82) is 0 Å². The number of nitro benzene ring substituents is 2. The molecule has 6 N–H and O–H groups in total. The van der Waals surface area contributed by atoms with Crippen molar-refractivity contribution in [2.45, 2.75) is 54.2 Å². The molecule has 0 atom stereocenters. The first-order valence-corrected chi connectivity index (χ1v) is 19.3. The average Bonchev–Trinajstić information content (AvgIpc) is 3.26. The summed E-state index contributed by atoms with van der Waals surface area (Å²) in [5.41, 5.74) is 11.2. The van der Waals surface area contributed by atoms with Crippen molar-refractivity contribution in [1.82, 2.24) is 0 Å². The Kier molecular flexibility index (Phi) is 23.7. The SMILES string of the molecule is C.C.Cc1ccc(N)cc1[N+](=O)[O-].Cc1ccc(NC(=O)c2cccc(C(F)(F)F)c2)cc1N.Cc1ccc(NC(=O)c2cccc(C(F)(F)F)c2)cc1[N+](=O)[O-].O=C(Cl)c1cccc(C(F)(F)F)c1.[B]. The lowest BCUT2D eigenvalue weighted by Crippen LogP contribution is -2.14. The van der Waals surface area contributed by atoms with Crippen LogP contribution in [0.1, 0.15) is 79.3 Å². The molecule has 0 fully saturated rings. The average molecular weight is 1020 g/mol. The summed E-state index contributed by atoms with van der Waals surface area (Å²) < 4.78 is 112. The van der Waals surface area contributed by atoms with E-state index in [2.05, 4.69) is 10.6 Å². The Morgan fingerprint density at radius 1 is 0.507 bits per heavy atom. The van der Waals surface area contributed by atoms with Gasteiger partial charge in [-0.15, -0.1) is 0 Å². The van der Waals surface area contributed by atoms with Crippen LogP contribution in [-0.2, 0) is 18.5 Å². The third-order valence-corrected chi connectivity index (χ3v) is 9.17. The number of aryl methyl sites for hydroxylation is 3. The molecule has 13 nitrogen and oxygen atoms in total. The quantitative estimate of drug-likeness (QED) is 0.0298. The molecule has 6 aromatic carbocycles. The van der Waals surface area contributed by atoms with Gasteiger partial charge in [-0.1, -0.05) is 57.3 Å². The summed E-state index contributed by atoms with van der Waals surface area (Å²) in [7, 11) is 0. The van der Waals surface area contributed by atoms with Crippen molar-refractivity contribution in [3.05, 3.63) is 198 Å². The largest absolute Gasteiger partial charge is 0.416 e. The molecule has 0 aliphatic rings. The molecular formula is C47H44BClF9N6O7. The Hall–Kier alpha value is -7.95. The standard InChI is InChI=1S/C15H11F3N2O3.C15H13F3N2O.C8H4ClF3O.C7H8N2O2.2CH4.B/c1-9-5-6-12(8-13(9)20(22)23)19-14(21)10-3-2-4-11(7-10)15(16,17)18;1-9-5-6-12(8-13(9)19)20-14(21)10-3-2-4-11(7-10)15(16,17)18;9-7(13)5-2-1-3-6(4-5)8(10,11)12;1-5-2-3-6(8)4-7(5)9(10)11;;;/h2-8H,1H3,(H,19,21);2-8H,19H2,1H3,(H,20,21);1-4H;2-4H,8H2,1H3;2*1H4;. The van der Waals surface area contributed by atoms with Crippen LogP contribution in [0.2, 0.25) is 0 Å². The molecule has 0 saturated heterocycles. The number of amides is 2. The number of rotatable bonds is 7. The van der Waals surface area contributed by atoms with Gasteiger partial charge in [0.05, 0.1) is 26.5 Å². The fourth-order valence-corrected chi connectivity index (χ4v) is 5.44. The Morgan fingerprint density at radius 2 is 0.845 bits per heavy atom. The van der Waals surface area contributed by atoms with Crippen molar-refractivity contribution in [3.63, 3.8) is 0 Å². The second-order valence-electron chi connectivity index (χ2n) is 14.1. The number of nitrogens with one attached hydrogen (secondary N) is 2. The number of halogens is 10. The maximum absolute atomic E-state index is 12.6. The lowest BCUT2D eigenvalue weighted by Gasteiger charge is -2.10. The zero-order chi connectivity index (χ0) is 51.3. The number of benzene rings is 6. The van der Waals surface area contributed by atoms with Gasteiger partial charge in [-0.25, -0.2) is 0 Å². The Morgan fingerprint density at radius 3 is 1.20 bits per heavy atom. The van der Waals surface area contributed by atoms with Crippen LogP contribution in [0.3, 0.4) is 0 Å². The minimum Gasteiger partial charge on any atom is -0.399 e. The van der Waals surface area contributed by atoms with Crippen molar-refractivity contribution < 1.29 is 63.7 Å². The van der Waals surface area contributed by atoms with E-state index >= 15 is 0 Å². The number of nitrogen functional groups attached to an aromatic ring is 2. The van der Waals surface area contributed by atoms with Gasteiger partial charge in [-0.2, -0.15) is 39.5 Å². The molecule has 24 heteroatoms. The number of carbonyl (C=O) groups is 3. The molecule has 0 unspecified atom stereocenters. The molecule has 71 heavy (non-hydrogen) atoms. The maximum atomic E-state index is 12.6. The van der Waals surface area contributed by atoms with Gasteiger partial charge in [-0.3, -0.25) is 34.6 Å². The predicted molar refractivity (Wildman–Crippen MR) is 255 cm³/mol. The molecule has 0 spiro atoms. The number of anilines is 4. The number of alkyl halides is 9. The zero-order valence-electron chi connectivity index (χ0n) is 35.9. The molecular weight excluding hydrogens is 978 g/mol. The predicted octanol–water partition coefficient (Wildman–Crippen LogP) is 13.5. The molecule has 3 radical (unpaired) electrons. The minimum atomic E-state index is -4.56. The summed E-state index contributed by atoms with van der Waals surface area (Å²) in [6.07, 6.45) is -13.5. The number of nitro groups is 2. The summed E-state index contributed by atoms with van der Waals surface area (Å²) in [4.78, 5) is 54.6. The summed E-state index contributed by atoms with van der Waals surface area (Å²) in [6.45, 7) is 5.03. The van der Waals surface area contributed by atoms with Crippen LogP contribution in [0.5, 0.6) is 0 Å². The van der Waals surface area contributed by atoms with Crippen LogP contribution in [-0.4, -0.2) is 35.3 Å². The first-order valence-electron chi connectivity index (χ1n) is 18.9. The molecule has 0 aliphatic heterocycles. The van der Waals surface area contributed by atoms with Gasteiger partial charge in [0.1, 0.15) is 0 Å². The van der Waals surface area contributed by atoms with Crippen LogP contribution in [0.25, 0.3) is 0 Å². The first-order chi connectivity index (χ1) is 31.5. The topological polar surface area (TPSA) is 214 Å². The van der Waals surface area contributed by atoms with Crippen LogP contribution >= 0.6 is 11.6 Å². The van der Waals surface area contributed by atoms with E-state index in [9.17, 15) is 74.1 Å². The molecule has 0 aromatic heterocycles. The third kappa shape index (κ3) is 19.5. The van der Waals surface area contributed by atoms with Crippen molar-refractivity contribution in [3.8, 4) is 0 Å². The molecule has 0 bridgehead atoms. The number of carbonyl (C=O) groups excluding carboxylic acids is 3. The number of nitrogens with two attached hydrogens (primary N) is 2. The smallest absolute Gasteiger partial charge is 0.399 e. The highest BCUT2D eigenvalue weighted by atomic mass is 35.5. The van der Waals surface area contributed by atoms with E-state index in [-0.39, 0.29) is 57.0 Å². The monoisotopic (exact) mass is 1020 g/mol. The normalized spacial score (nSPS) is 10.5. The molecule has 377 valence electrons. The van der Waals surface area contributed by atoms with Crippen LogP contribution in [0.4, 0.5) is 73.6 Å². The second-order valence-corrected chi connectivity index (χ2v) is 14.4. The van der Waals surface area contributed by atoms with Gasteiger partial charge in [0, 0.05) is 71.1 Å². The van der Waals surface area contributed by atoms with E-state index in [1.807, 2.05) is 6.92 Å². The lowest BCUT2D eigenvalue weighted by molar-refractivity contribution is -0.385. The van der Waals surface area contributed by atoms with Gasteiger partial charge >= 0.3 is 18.5 Å². The molecule has 6 rings (SSSR count). The van der Waals surface area contributed by atoms with Gasteiger partial charge < -0.3 is 22.1 Å². The van der Waals surface area contributed by atoms with E-state index in [0.717, 1.165) is 60.2 Å². The number of nitrogens with zero attached hydrogens (tertiary/aromatic N) is 2. The summed E-state index contributed by atoms with van der Waals surface area (Å²) in [5, 5.41) is 25.1. The Labute approximate surface area is 407 Å². The van der Waals surface area contributed by atoms with Gasteiger partial charge in [0.2, 0.25) is 0 Å². The highest BCUT2D eigenvalue weighted by Gasteiger charge is 2.32. The first kappa shape index (κ1) is 63.1. The minimum absolute atomic E-state index is 0. The molecule has 6 aromatic rings. The van der Waals surface area contributed by atoms with E-state index in [1.54, 1.807) is 37.3 Å². The van der Waals surface area contributed by atoms with Gasteiger partial charge in [0.25, 0.3) is 28.4 Å². The third-order valence-electron chi connectivity index (χ3n) is 8.95. The van der Waals surface area contributed by atoms with Crippen LogP contribution in [0, 0.1) is 41.0 Å². The summed E-state index contributed by atoms with van der Waals surface area (Å²) >= 11 is 5.02. The van der Waals surface area contributed by atoms with Crippen LogP contribution in [0.15, 0.2) is 127 Å². The highest BCUT2D eigenvalue weighted by molar-refractivity contribution is 6.67. The van der Waals surface area contributed by atoms with E-state index in [1.165, 1.54) is 49.4 Å². The Bertz CT molecular complexity index is 2830. The van der Waals surface area contributed by atoms with E-state index in [4.69, 9.17) is 23.1 Å². The molecule has 0 heterocycles. The van der Waals surface area contributed by atoms with Gasteiger partial charge in [0.15, 0.2) is 0 Å². The fraction of sp³-hybridized carbons (Fsp3) is 0.170. The van der Waals surface area contributed by atoms with E-state index < -0.39 is 62.1 Å². The molecule has 2 amide bonds. The van der Waals surface area contributed by atoms with E-state index in [0.29, 0.717) is 28.2 Å². The zero-order valence-corrected chi connectivity index (χ0v) is 36.6. The van der Waals surface area contributed by atoms with Crippen LogP contribution < -0.4 is 22.1 Å². The van der Waals surface area contributed by atoms with Crippen molar-refractivity contribution >= 4 is 71.2 Å². The number of hydrogen-bond donors (Lipinski definition) is 4. The highest BCUT2D eigenvalue weighted by Crippen LogP contribution is 2.32. The molecule has 0 aliphatic carbocycles. The van der Waals surface area contributed by atoms with Crippen molar-refractivity contribution in [2.75, 3.05) is 22.1 Å². The second kappa shape index (κ2) is 26.7. The summed E-state index contributed by atoms with van der Waals surface area (Å²) in [6, 6.07) is 25.7. The maximum Gasteiger partial charge on any atom is 0.416 e. The number of hydrogen-bond acceptors (Lipinski definition) is 9.